The van der Waals surface area contributed by atoms with Crippen LogP contribution < -0.4 is 16.0 Å². The van der Waals surface area contributed by atoms with E-state index < -0.39 is 6.04 Å². The number of nitrogens with zero attached hydrogens (tertiary/aromatic N) is 2. The number of imidazole rings is 1. The van der Waals surface area contributed by atoms with Crippen LogP contribution in [0.3, 0.4) is 0 Å². The number of aromatic nitrogens is 2. The molecule has 2 aromatic rings. The standard InChI is InChI=1S/C18H23N5O2/c24-17-15(7-4-9-20-17)22-18(25)21-13-16-19-10-12-23(16)11-8-14-5-2-1-3-6-14/h1-3,5-6,10,12,15H,4,7-9,11,13H2,(H,20,24)(H2,21,22,25)/t15-/m1/s1. The summed E-state index contributed by atoms with van der Waals surface area (Å²) in [6.07, 6.45) is 6.09. The average molecular weight is 341 g/mol. The van der Waals surface area contributed by atoms with Crippen molar-refractivity contribution in [2.75, 3.05) is 6.54 Å². The fraction of sp³-hybridized carbons (Fsp3) is 0.389. The van der Waals surface area contributed by atoms with E-state index in [1.807, 2.05) is 29.0 Å². The second-order valence-corrected chi connectivity index (χ2v) is 6.09. The van der Waals surface area contributed by atoms with Crippen molar-refractivity contribution in [2.24, 2.45) is 0 Å². The molecule has 7 nitrogen and oxygen atoms in total. The molecule has 3 rings (SSSR count). The van der Waals surface area contributed by atoms with Gasteiger partial charge in [-0.15, -0.1) is 0 Å². The normalized spacial score (nSPS) is 17.0. The van der Waals surface area contributed by atoms with E-state index >= 15 is 0 Å². The zero-order valence-electron chi connectivity index (χ0n) is 14.1. The van der Waals surface area contributed by atoms with E-state index in [9.17, 15) is 9.59 Å². The summed E-state index contributed by atoms with van der Waals surface area (Å²) in [6, 6.07) is 9.44. The summed E-state index contributed by atoms with van der Waals surface area (Å²) in [5, 5.41) is 8.24. The van der Waals surface area contributed by atoms with Gasteiger partial charge in [-0.1, -0.05) is 30.3 Å². The first-order valence-electron chi connectivity index (χ1n) is 8.58. The van der Waals surface area contributed by atoms with Crippen LogP contribution in [0.1, 0.15) is 24.2 Å². The molecule has 0 spiro atoms. The predicted molar refractivity (Wildman–Crippen MR) is 93.8 cm³/mol. The first kappa shape index (κ1) is 17.0. The predicted octanol–water partition coefficient (Wildman–Crippen LogP) is 1.20. The summed E-state index contributed by atoms with van der Waals surface area (Å²) in [6.45, 7) is 1.80. The molecule has 132 valence electrons. The van der Waals surface area contributed by atoms with Gasteiger partial charge >= 0.3 is 6.03 Å². The lowest BCUT2D eigenvalue weighted by molar-refractivity contribution is -0.124. The number of carbonyl (C=O) groups is 2. The first-order chi connectivity index (χ1) is 12.2. The highest BCUT2D eigenvalue weighted by atomic mass is 16.2. The van der Waals surface area contributed by atoms with Gasteiger partial charge in [0.05, 0.1) is 6.54 Å². The van der Waals surface area contributed by atoms with Crippen molar-refractivity contribution >= 4 is 11.9 Å². The molecule has 3 N–H and O–H groups in total. The Bertz CT molecular complexity index is 713. The summed E-state index contributed by atoms with van der Waals surface area (Å²) >= 11 is 0. The fourth-order valence-electron chi connectivity index (χ4n) is 2.88. The minimum Gasteiger partial charge on any atom is -0.354 e. The molecule has 7 heteroatoms. The Morgan fingerprint density at radius 3 is 2.96 bits per heavy atom. The van der Waals surface area contributed by atoms with Crippen molar-refractivity contribution in [1.29, 1.82) is 0 Å². The van der Waals surface area contributed by atoms with Crippen LogP contribution >= 0.6 is 0 Å². The molecule has 0 aliphatic carbocycles. The van der Waals surface area contributed by atoms with Gasteiger partial charge in [0.1, 0.15) is 11.9 Å². The third-order valence-electron chi connectivity index (χ3n) is 4.28. The zero-order valence-corrected chi connectivity index (χ0v) is 14.1. The van der Waals surface area contributed by atoms with Gasteiger partial charge in [0.25, 0.3) is 0 Å². The molecule has 1 aliphatic heterocycles. The van der Waals surface area contributed by atoms with Gasteiger partial charge in [-0.25, -0.2) is 9.78 Å². The lowest BCUT2D eigenvalue weighted by Gasteiger charge is -2.22. The van der Waals surface area contributed by atoms with Gasteiger partial charge in [0.15, 0.2) is 0 Å². The Kier molecular flexibility index (Phi) is 5.66. The van der Waals surface area contributed by atoms with Crippen LogP contribution in [0.2, 0.25) is 0 Å². The third kappa shape index (κ3) is 4.82. The van der Waals surface area contributed by atoms with Crippen LogP contribution in [0.4, 0.5) is 4.79 Å². The number of hydrogen-bond acceptors (Lipinski definition) is 3. The van der Waals surface area contributed by atoms with Gasteiger partial charge in [0, 0.05) is 25.5 Å². The van der Waals surface area contributed by atoms with E-state index in [2.05, 4.69) is 33.1 Å². The van der Waals surface area contributed by atoms with Crippen LogP contribution in [-0.4, -0.2) is 34.1 Å². The number of rotatable bonds is 6. The van der Waals surface area contributed by atoms with Crippen LogP contribution in [0.5, 0.6) is 0 Å². The number of amides is 3. The van der Waals surface area contributed by atoms with E-state index in [0.717, 1.165) is 25.2 Å². The molecule has 1 saturated heterocycles. The largest absolute Gasteiger partial charge is 0.354 e. The molecule has 1 fully saturated rings. The molecule has 0 saturated carbocycles. The Morgan fingerprint density at radius 2 is 2.16 bits per heavy atom. The Balaban J connectivity index is 1.47. The summed E-state index contributed by atoms with van der Waals surface area (Å²) in [4.78, 5) is 28.0. The van der Waals surface area contributed by atoms with Gasteiger partial charge < -0.3 is 20.5 Å². The molecule has 3 amide bonds. The lowest BCUT2D eigenvalue weighted by Crippen LogP contribution is -2.52. The highest BCUT2D eigenvalue weighted by molar-refractivity contribution is 5.87. The summed E-state index contributed by atoms with van der Waals surface area (Å²) in [7, 11) is 0. The van der Waals surface area contributed by atoms with Crippen LogP contribution in [0.15, 0.2) is 42.7 Å². The van der Waals surface area contributed by atoms with Crippen molar-refractivity contribution < 1.29 is 9.59 Å². The molecule has 0 radical (unpaired) electrons. The molecule has 1 atom stereocenters. The molecule has 25 heavy (non-hydrogen) atoms. The molecule has 2 heterocycles. The SMILES string of the molecule is O=C(NCc1nccn1CCc1ccccc1)N[C@@H]1CCCNC1=O. The summed E-state index contributed by atoms with van der Waals surface area (Å²) in [5.74, 6) is 0.671. The van der Waals surface area contributed by atoms with E-state index in [1.54, 1.807) is 6.20 Å². The number of carbonyl (C=O) groups excluding carboxylic acids is 2. The average Bonchev–Trinajstić information content (AvgIpc) is 3.08. The molecular weight excluding hydrogens is 318 g/mol. The van der Waals surface area contributed by atoms with E-state index in [-0.39, 0.29) is 11.9 Å². The van der Waals surface area contributed by atoms with Crippen molar-refractivity contribution in [3.8, 4) is 0 Å². The van der Waals surface area contributed by atoms with E-state index in [1.165, 1.54) is 5.56 Å². The number of aryl methyl sites for hydroxylation is 2. The van der Waals surface area contributed by atoms with E-state index in [0.29, 0.717) is 19.5 Å². The molecule has 0 bridgehead atoms. The van der Waals surface area contributed by atoms with Gasteiger partial charge in [-0.3, -0.25) is 4.79 Å². The number of nitrogens with one attached hydrogen (secondary N) is 3. The first-order valence-corrected chi connectivity index (χ1v) is 8.58. The summed E-state index contributed by atoms with van der Waals surface area (Å²) in [5.41, 5.74) is 1.26. The number of benzene rings is 1. The molecule has 1 aromatic carbocycles. The number of urea groups is 1. The van der Waals surface area contributed by atoms with Gasteiger partial charge in [0.2, 0.25) is 5.91 Å². The van der Waals surface area contributed by atoms with Gasteiger partial charge in [-0.2, -0.15) is 0 Å². The van der Waals surface area contributed by atoms with Crippen LogP contribution in [-0.2, 0) is 24.3 Å². The molecular formula is C18H23N5O2. The Hall–Kier alpha value is -2.83. The van der Waals surface area contributed by atoms with Crippen LogP contribution in [0, 0.1) is 0 Å². The van der Waals surface area contributed by atoms with Crippen molar-refractivity contribution in [3.05, 3.63) is 54.1 Å². The second-order valence-electron chi connectivity index (χ2n) is 6.09. The maximum atomic E-state index is 12.0. The highest BCUT2D eigenvalue weighted by Crippen LogP contribution is 2.05. The van der Waals surface area contributed by atoms with Crippen molar-refractivity contribution in [3.63, 3.8) is 0 Å². The van der Waals surface area contributed by atoms with E-state index in [4.69, 9.17) is 0 Å². The smallest absolute Gasteiger partial charge is 0.315 e. The summed E-state index contributed by atoms with van der Waals surface area (Å²) < 4.78 is 2.03. The number of piperidine rings is 1. The quantitative estimate of drug-likeness (QED) is 0.738. The van der Waals surface area contributed by atoms with Gasteiger partial charge in [-0.05, 0) is 24.8 Å². The van der Waals surface area contributed by atoms with Crippen LogP contribution in [0.25, 0.3) is 0 Å². The topological polar surface area (TPSA) is 88.1 Å². The number of hydrogen-bond donors (Lipinski definition) is 3. The maximum Gasteiger partial charge on any atom is 0.315 e. The van der Waals surface area contributed by atoms with Crippen molar-refractivity contribution in [1.82, 2.24) is 25.5 Å². The fourth-order valence-corrected chi connectivity index (χ4v) is 2.88. The monoisotopic (exact) mass is 341 g/mol. The molecule has 1 aromatic heterocycles. The highest BCUT2D eigenvalue weighted by Gasteiger charge is 2.23. The minimum atomic E-state index is -0.452. The maximum absolute atomic E-state index is 12.0. The lowest BCUT2D eigenvalue weighted by atomic mass is 10.1. The Labute approximate surface area is 146 Å². The third-order valence-corrected chi connectivity index (χ3v) is 4.28. The Morgan fingerprint density at radius 1 is 1.32 bits per heavy atom. The van der Waals surface area contributed by atoms with Crippen molar-refractivity contribution in [2.45, 2.75) is 38.4 Å². The molecule has 0 unspecified atom stereocenters. The minimum absolute atomic E-state index is 0.120. The second kappa shape index (κ2) is 8.32. The molecule has 1 aliphatic rings. The zero-order chi connectivity index (χ0) is 17.5.